The average molecular weight is 429 g/mol. The van der Waals surface area contributed by atoms with Gasteiger partial charge in [-0.05, 0) is 86.0 Å². The maximum Gasteiger partial charge on any atom is 0.348 e. The highest BCUT2D eigenvalue weighted by atomic mass is 32.1. The molecule has 7 heteroatoms. The van der Waals surface area contributed by atoms with Gasteiger partial charge in [0.15, 0.2) is 4.80 Å². The zero-order valence-corrected chi connectivity index (χ0v) is 17.8. The van der Waals surface area contributed by atoms with Crippen LogP contribution in [0.4, 0.5) is 10.1 Å². The average Bonchev–Trinajstić information content (AvgIpc) is 2.70. The second kappa shape index (κ2) is 7.45. The molecule has 0 N–H and O–H groups in total. The van der Waals surface area contributed by atoms with Gasteiger partial charge in [0, 0.05) is 12.6 Å². The fourth-order valence-corrected chi connectivity index (χ4v) is 7.28. The summed E-state index contributed by atoms with van der Waals surface area (Å²) in [5, 5.41) is 0. The van der Waals surface area contributed by atoms with Gasteiger partial charge < -0.3 is 4.74 Å². The van der Waals surface area contributed by atoms with Crippen molar-refractivity contribution in [1.29, 1.82) is 0 Å². The lowest BCUT2D eigenvalue weighted by Gasteiger charge is -2.57. The van der Waals surface area contributed by atoms with Crippen molar-refractivity contribution in [2.45, 2.75) is 45.1 Å². The summed E-state index contributed by atoms with van der Waals surface area (Å²) in [6.45, 7) is 0.632. The number of esters is 1. The normalized spacial score (nSPS) is 29.9. The fraction of sp³-hybridized carbons (Fsp3) is 0.522. The third-order valence-corrected chi connectivity index (χ3v) is 8.05. The van der Waals surface area contributed by atoms with Crippen molar-refractivity contribution in [3.63, 3.8) is 0 Å². The van der Waals surface area contributed by atoms with Crippen molar-refractivity contribution in [2.75, 3.05) is 7.11 Å². The molecule has 4 saturated carbocycles. The van der Waals surface area contributed by atoms with E-state index in [1.807, 2.05) is 0 Å². The monoisotopic (exact) mass is 428 g/mol. The first-order chi connectivity index (χ1) is 14.4. The van der Waals surface area contributed by atoms with E-state index >= 15 is 0 Å². The number of rotatable bonds is 4. The van der Waals surface area contributed by atoms with Gasteiger partial charge >= 0.3 is 5.97 Å². The van der Waals surface area contributed by atoms with Crippen LogP contribution >= 0.6 is 11.3 Å². The Balaban J connectivity index is 1.59. The zero-order chi connectivity index (χ0) is 20.9. The summed E-state index contributed by atoms with van der Waals surface area (Å²) in [7, 11) is 1.30. The molecule has 0 aliphatic heterocycles. The fourth-order valence-electron chi connectivity index (χ4n) is 6.34. The molecule has 2 aromatic rings. The number of halogens is 1. The number of ether oxygens (including phenoxy) is 1. The number of benzene rings is 1. The Kier molecular flexibility index (Phi) is 4.88. The van der Waals surface area contributed by atoms with Gasteiger partial charge in [-0.15, -0.1) is 0 Å². The number of hydrogen-bond acceptors (Lipinski definition) is 5. The molecule has 0 saturated heterocycles. The molecule has 4 aliphatic carbocycles. The maximum atomic E-state index is 13.3. The highest BCUT2D eigenvalue weighted by Crippen LogP contribution is 2.60. The lowest BCUT2D eigenvalue weighted by Crippen LogP contribution is -2.50. The van der Waals surface area contributed by atoms with Crippen molar-refractivity contribution < 1.29 is 13.9 Å². The molecular formula is C23H25FN2O3S. The summed E-state index contributed by atoms with van der Waals surface area (Å²) in [4.78, 5) is 30.5. The highest BCUT2D eigenvalue weighted by molar-refractivity contribution is 7.11. The van der Waals surface area contributed by atoms with Crippen LogP contribution in [0.2, 0.25) is 0 Å². The van der Waals surface area contributed by atoms with E-state index in [0.717, 1.165) is 29.1 Å². The molecule has 1 aromatic carbocycles. The Hall–Kier alpha value is -2.28. The quantitative estimate of drug-likeness (QED) is 0.683. The van der Waals surface area contributed by atoms with Crippen LogP contribution in [-0.4, -0.2) is 17.6 Å². The van der Waals surface area contributed by atoms with Gasteiger partial charge in [0.2, 0.25) is 0 Å². The lowest BCUT2D eigenvalue weighted by molar-refractivity contribution is -0.0627. The Bertz CT molecular complexity index is 1070. The van der Waals surface area contributed by atoms with E-state index in [0.29, 0.717) is 17.0 Å². The Morgan fingerprint density at radius 1 is 1.17 bits per heavy atom. The van der Waals surface area contributed by atoms with E-state index in [1.165, 1.54) is 63.8 Å². The van der Waals surface area contributed by atoms with Crippen LogP contribution in [0.1, 0.15) is 48.2 Å². The van der Waals surface area contributed by atoms with Gasteiger partial charge in [-0.2, -0.15) is 0 Å². The van der Waals surface area contributed by atoms with Crippen molar-refractivity contribution in [3.8, 4) is 0 Å². The van der Waals surface area contributed by atoms with E-state index in [1.54, 1.807) is 16.7 Å². The van der Waals surface area contributed by atoms with Gasteiger partial charge in [0.1, 0.15) is 10.7 Å². The van der Waals surface area contributed by atoms with Crippen LogP contribution in [-0.2, 0) is 11.3 Å². The summed E-state index contributed by atoms with van der Waals surface area (Å²) in [6, 6.07) is 7.20. The zero-order valence-electron chi connectivity index (χ0n) is 17.0. The third kappa shape index (κ3) is 3.64. The highest BCUT2D eigenvalue weighted by Gasteiger charge is 2.51. The number of methoxy groups -OCH3 is 1. The number of aromatic nitrogens is 1. The smallest absolute Gasteiger partial charge is 0.348 e. The predicted octanol–water partition coefficient (Wildman–Crippen LogP) is 4.28. The second-order valence-corrected chi connectivity index (χ2v) is 10.3. The number of carbonyl (C=O) groups is 1. The van der Waals surface area contributed by atoms with Crippen molar-refractivity contribution >= 4 is 23.0 Å². The van der Waals surface area contributed by atoms with E-state index in [2.05, 4.69) is 4.99 Å². The molecular weight excluding hydrogens is 403 g/mol. The Morgan fingerprint density at radius 3 is 2.33 bits per heavy atom. The third-order valence-electron chi connectivity index (χ3n) is 7.05. The van der Waals surface area contributed by atoms with Crippen LogP contribution in [0.15, 0.2) is 40.1 Å². The van der Waals surface area contributed by atoms with E-state index in [-0.39, 0.29) is 21.7 Å². The van der Waals surface area contributed by atoms with Gasteiger partial charge in [0.25, 0.3) is 5.56 Å². The molecule has 4 aliphatic rings. The summed E-state index contributed by atoms with van der Waals surface area (Å²) >= 11 is 1.15. The molecule has 0 radical (unpaired) electrons. The SMILES string of the molecule is COC(=O)c1cc(=O)n(CC23CC4CC(CC(C4)C2)C3)c(=Nc2ccc(F)cc2)s1. The lowest BCUT2D eigenvalue weighted by atomic mass is 9.49. The van der Waals surface area contributed by atoms with Gasteiger partial charge in [-0.3, -0.25) is 9.36 Å². The molecule has 30 heavy (non-hydrogen) atoms. The topological polar surface area (TPSA) is 60.7 Å². The molecule has 4 bridgehead atoms. The van der Waals surface area contributed by atoms with Crippen LogP contribution in [0.25, 0.3) is 0 Å². The molecule has 0 spiro atoms. The van der Waals surface area contributed by atoms with Gasteiger partial charge in [-0.1, -0.05) is 11.3 Å². The first-order valence-corrected chi connectivity index (χ1v) is 11.4. The minimum absolute atomic E-state index is 0.144. The van der Waals surface area contributed by atoms with E-state index in [9.17, 15) is 14.0 Å². The molecule has 0 amide bonds. The standard InChI is InChI=1S/C23H25FN2O3S/c1-29-21(28)19-9-20(27)26(22(30-19)25-18-4-2-17(24)3-5-18)13-23-10-14-6-15(11-23)8-16(7-14)12-23/h2-5,9,14-16H,6-8,10-13H2,1H3. The first kappa shape index (κ1) is 19.7. The molecule has 0 unspecified atom stereocenters. The molecule has 5 nitrogen and oxygen atoms in total. The minimum Gasteiger partial charge on any atom is -0.465 e. The number of hydrogen-bond donors (Lipinski definition) is 0. The molecule has 158 valence electrons. The Morgan fingerprint density at radius 2 is 1.77 bits per heavy atom. The van der Waals surface area contributed by atoms with E-state index in [4.69, 9.17) is 4.74 Å². The predicted molar refractivity (Wildman–Crippen MR) is 112 cm³/mol. The molecule has 1 aromatic heterocycles. The Labute approximate surface area is 178 Å². The molecule has 6 rings (SSSR count). The largest absolute Gasteiger partial charge is 0.465 e. The van der Waals surface area contributed by atoms with Gasteiger partial charge in [0.05, 0.1) is 12.8 Å². The first-order valence-electron chi connectivity index (χ1n) is 10.6. The van der Waals surface area contributed by atoms with E-state index < -0.39 is 5.97 Å². The maximum absolute atomic E-state index is 13.3. The summed E-state index contributed by atoms with van der Waals surface area (Å²) < 4.78 is 19.9. The molecule has 1 heterocycles. The van der Waals surface area contributed by atoms with Crippen molar-refractivity contribution in [2.24, 2.45) is 28.2 Å². The van der Waals surface area contributed by atoms with Gasteiger partial charge in [-0.25, -0.2) is 14.2 Å². The van der Waals surface area contributed by atoms with Crippen LogP contribution in [0.3, 0.4) is 0 Å². The number of carbonyl (C=O) groups excluding carboxylic acids is 1. The second-order valence-electron chi connectivity index (χ2n) is 9.31. The summed E-state index contributed by atoms with van der Waals surface area (Å²) in [5.74, 6) is 1.45. The molecule has 0 atom stereocenters. The van der Waals surface area contributed by atoms with Crippen LogP contribution < -0.4 is 10.4 Å². The molecule has 4 fully saturated rings. The minimum atomic E-state index is -0.547. The van der Waals surface area contributed by atoms with Crippen molar-refractivity contribution in [1.82, 2.24) is 4.57 Å². The number of nitrogens with zero attached hydrogens (tertiary/aromatic N) is 2. The summed E-state index contributed by atoms with van der Waals surface area (Å²) in [5.41, 5.74) is 0.463. The van der Waals surface area contributed by atoms with Crippen LogP contribution in [0.5, 0.6) is 0 Å². The van der Waals surface area contributed by atoms with Crippen molar-refractivity contribution in [3.05, 3.63) is 56.2 Å². The summed E-state index contributed by atoms with van der Waals surface area (Å²) in [6.07, 6.45) is 7.53. The van der Waals surface area contributed by atoms with Crippen LogP contribution in [0, 0.1) is 29.0 Å².